The molecule has 0 radical (unpaired) electrons. The Morgan fingerprint density at radius 2 is 1.86 bits per heavy atom. The average Bonchev–Trinajstić information content (AvgIpc) is 2.85. The van der Waals surface area contributed by atoms with Crippen LogP contribution in [0.1, 0.15) is 25.7 Å². The maximum Gasteiger partial charge on any atom is 0.316 e. The van der Waals surface area contributed by atoms with Crippen molar-refractivity contribution >= 4 is 27.5 Å². The third-order valence-electron chi connectivity index (χ3n) is 5.57. The number of hydrogen-bond acceptors (Lipinski definition) is 6. The summed E-state index contributed by atoms with van der Waals surface area (Å²) in [4.78, 5) is 15.3. The van der Waals surface area contributed by atoms with Crippen LogP contribution in [0.25, 0.3) is 5.69 Å². The molecule has 0 unspecified atom stereocenters. The summed E-state index contributed by atoms with van der Waals surface area (Å²) in [7, 11) is -3.57. The molecule has 1 aliphatic rings. The molecule has 3 rings (SSSR count). The van der Waals surface area contributed by atoms with Crippen molar-refractivity contribution in [1.29, 1.82) is 0 Å². The van der Waals surface area contributed by atoms with Crippen LogP contribution in [0.5, 0.6) is 5.75 Å². The topological polar surface area (TPSA) is 96.8 Å². The lowest BCUT2D eigenvalue weighted by atomic mass is 10.2. The minimum atomic E-state index is -3.57. The minimum absolute atomic E-state index is 0.194. The highest BCUT2D eigenvalue weighted by molar-refractivity contribution is 7.87. The fourth-order valence-electron chi connectivity index (χ4n) is 3.70. The summed E-state index contributed by atoms with van der Waals surface area (Å²) in [6, 6.07) is 6.88. The summed E-state index contributed by atoms with van der Waals surface area (Å²) >= 11 is 6.11. The first-order valence-electron chi connectivity index (χ1n) is 11.6. The molecule has 2 heterocycles. The fraction of sp³-hybridized carbons (Fsp3) is 0.417. The fourth-order valence-corrected chi connectivity index (χ4v) is 5.08. The van der Waals surface area contributed by atoms with Gasteiger partial charge in [-0.2, -0.15) is 22.5 Å². The van der Waals surface area contributed by atoms with Crippen molar-refractivity contribution in [3.8, 4) is 11.4 Å². The Labute approximate surface area is 211 Å². The van der Waals surface area contributed by atoms with Crippen molar-refractivity contribution in [3.63, 3.8) is 0 Å². The lowest BCUT2D eigenvalue weighted by Crippen LogP contribution is -2.52. The number of rotatable bonds is 13. The number of nitrogens with one attached hydrogen (secondary N) is 1. The van der Waals surface area contributed by atoms with Crippen molar-refractivity contribution in [2.24, 2.45) is 0 Å². The number of halogens is 1. The summed E-state index contributed by atoms with van der Waals surface area (Å²) < 4.78 is 36.3. The van der Waals surface area contributed by atoms with Crippen LogP contribution in [-0.4, -0.2) is 61.8 Å². The number of ether oxygens (including phenoxy) is 1. The van der Waals surface area contributed by atoms with E-state index in [1.807, 2.05) is 11.0 Å². The van der Waals surface area contributed by atoms with Gasteiger partial charge in [-0.1, -0.05) is 29.8 Å². The van der Waals surface area contributed by atoms with Crippen LogP contribution >= 0.6 is 11.6 Å². The number of piperazine rings is 1. The largest absolute Gasteiger partial charge is 0.486 e. The zero-order valence-electron chi connectivity index (χ0n) is 19.7. The quantitative estimate of drug-likeness (QED) is 0.321. The Hall–Kier alpha value is -2.66. The third-order valence-corrected chi connectivity index (χ3v) is 7.42. The maximum atomic E-state index is 13.4. The Bertz CT molecular complexity index is 1180. The lowest BCUT2D eigenvalue weighted by Gasteiger charge is -2.35. The molecule has 1 N–H and O–H groups in total. The van der Waals surface area contributed by atoms with Gasteiger partial charge in [0.15, 0.2) is 0 Å². The van der Waals surface area contributed by atoms with E-state index in [2.05, 4.69) is 23.0 Å². The van der Waals surface area contributed by atoms with Crippen LogP contribution in [0, 0.1) is 0 Å². The molecule has 0 spiro atoms. The molecule has 0 aliphatic carbocycles. The van der Waals surface area contributed by atoms with E-state index in [4.69, 9.17) is 16.3 Å². The molecule has 1 saturated heterocycles. The zero-order chi connectivity index (χ0) is 25.3. The number of anilines is 1. The van der Waals surface area contributed by atoms with Gasteiger partial charge in [0.25, 0.3) is 10.2 Å². The van der Waals surface area contributed by atoms with E-state index < -0.39 is 15.8 Å². The van der Waals surface area contributed by atoms with Gasteiger partial charge in [0.2, 0.25) is 5.75 Å². The maximum absolute atomic E-state index is 13.4. The highest BCUT2D eigenvalue weighted by Crippen LogP contribution is 2.26. The van der Waals surface area contributed by atoms with Gasteiger partial charge in [-0.25, -0.2) is 4.72 Å². The lowest BCUT2D eigenvalue weighted by molar-refractivity contribution is 0.299. The van der Waals surface area contributed by atoms with E-state index in [1.165, 1.54) is 8.99 Å². The molecule has 1 aromatic heterocycles. The molecule has 2 aromatic rings. The molecule has 11 heteroatoms. The molecule has 0 bridgehead atoms. The Balaban J connectivity index is 1.81. The second-order valence-corrected chi connectivity index (χ2v) is 10.2. The summed E-state index contributed by atoms with van der Waals surface area (Å²) in [5.74, 6) is 0.194. The monoisotopic (exact) mass is 521 g/mol. The van der Waals surface area contributed by atoms with Gasteiger partial charge in [-0.15, -0.1) is 13.2 Å². The first-order valence-corrected chi connectivity index (χ1v) is 13.4. The average molecular weight is 522 g/mol. The molecule has 0 amide bonds. The van der Waals surface area contributed by atoms with Crippen molar-refractivity contribution in [2.45, 2.75) is 25.7 Å². The highest BCUT2D eigenvalue weighted by atomic mass is 35.5. The van der Waals surface area contributed by atoms with Crippen molar-refractivity contribution in [2.75, 3.05) is 44.2 Å². The molecule has 1 aliphatic heterocycles. The van der Waals surface area contributed by atoms with Gasteiger partial charge in [0, 0.05) is 37.7 Å². The van der Waals surface area contributed by atoms with Crippen LogP contribution in [0.3, 0.4) is 0 Å². The van der Waals surface area contributed by atoms with Crippen LogP contribution in [0.15, 0.2) is 60.6 Å². The van der Waals surface area contributed by atoms with Crippen LogP contribution in [0.4, 0.5) is 5.69 Å². The first kappa shape index (κ1) is 26.9. The summed E-state index contributed by atoms with van der Waals surface area (Å²) in [5, 5.41) is 4.85. The second-order valence-electron chi connectivity index (χ2n) is 8.05. The van der Waals surface area contributed by atoms with Crippen LogP contribution in [0.2, 0.25) is 5.02 Å². The molecule has 0 atom stereocenters. The van der Waals surface area contributed by atoms with Gasteiger partial charge >= 0.3 is 5.56 Å². The van der Waals surface area contributed by atoms with Gasteiger partial charge < -0.3 is 9.64 Å². The predicted octanol–water partition coefficient (Wildman–Crippen LogP) is 3.15. The zero-order valence-corrected chi connectivity index (χ0v) is 21.3. The third kappa shape index (κ3) is 7.17. The summed E-state index contributed by atoms with van der Waals surface area (Å²) in [6.07, 6.45) is 8.21. The standard InChI is InChI=1S/C24H32ClN5O4S/c1-3-5-7-8-17-34-23-22(19-26-30(24(23)31)21-11-9-10-20(25)18-21)28-13-15-29(16-14-28)35(32,33)27-12-6-4-2/h3-4,9-11,18-19,27H,1-2,5-8,12-17H2. The molecular formula is C24H32ClN5O4S. The van der Waals surface area contributed by atoms with Crippen molar-refractivity contribution in [1.82, 2.24) is 18.8 Å². The SMILES string of the molecule is C=CCCCCOc1c(N2CCN(S(=O)(=O)NCCC=C)CC2)cnn(-c2cccc(Cl)c2)c1=O. The molecule has 0 saturated carbocycles. The Morgan fingerprint density at radius 1 is 1.11 bits per heavy atom. The number of nitrogens with zero attached hydrogens (tertiary/aromatic N) is 4. The Morgan fingerprint density at radius 3 is 2.54 bits per heavy atom. The van der Waals surface area contributed by atoms with E-state index in [0.717, 1.165) is 19.3 Å². The Kier molecular flexibility index (Phi) is 9.91. The van der Waals surface area contributed by atoms with Gasteiger partial charge in [-0.05, 0) is 43.9 Å². The van der Waals surface area contributed by atoms with E-state index in [1.54, 1.807) is 36.5 Å². The van der Waals surface area contributed by atoms with Gasteiger partial charge in [0.1, 0.15) is 5.69 Å². The van der Waals surface area contributed by atoms with Crippen LogP contribution in [-0.2, 0) is 10.2 Å². The molecular weight excluding hydrogens is 490 g/mol. The predicted molar refractivity (Wildman–Crippen MR) is 140 cm³/mol. The number of unbranched alkanes of at least 4 members (excludes halogenated alkanes) is 2. The van der Waals surface area contributed by atoms with E-state index in [0.29, 0.717) is 49.1 Å². The number of hydrogen-bond donors (Lipinski definition) is 1. The summed E-state index contributed by atoms with van der Waals surface area (Å²) in [5.41, 5.74) is 0.690. The van der Waals surface area contributed by atoms with E-state index in [9.17, 15) is 13.2 Å². The molecule has 190 valence electrons. The number of aromatic nitrogens is 2. The smallest absolute Gasteiger partial charge is 0.316 e. The number of benzene rings is 1. The second kappa shape index (κ2) is 12.9. The highest BCUT2D eigenvalue weighted by Gasteiger charge is 2.29. The van der Waals surface area contributed by atoms with Crippen molar-refractivity contribution in [3.05, 3.63) is 71.1 Å². The molecule has 9 nitrogen and oxygen atoms in total. The number of allylic oxidation sites excluding steroid dienone is 1. The minimum Gasteiger partial charge on any atom is -0.486 e. The molecule has 1 aromatic carbocycles. The molecule has 1 fully saturated rings. The van der Waals surface area contributed by atoms with E-state index in [-0.39, 0.29) is 18.8 Å². The van der Waals surface area contributed by atoms with Gasteiger partial charge in [0.05, 0.1) is 18.5 Å². The normalized spacial score (nSPS) is 14.6. The van der Waals surface area contributed by atoms with Crippen molar-refractivity contribution < 1.29 is 13.2 Å². The molecule has 35 heavy (non-hydrogen) atoms. The first-order chi connectivity index (χ1) is 16.9. The van der Waals surface area contributed by atoms with Gasteiger partial charge in [-0.3, -0.25) is 4.79 Å². The summed E-state index contributed by atoms with van der Waals surface area (Å²) in [6.45, 7) is 9.37. The van der Waals surface area contributed by atoms with Crippen LogP contribution < -0.4 is 19.9 Å². The van der Waals surface area contributed by atoms with E-state index >= 15 is 0 Å².